The molecule has 0 amide bonds. The number of aliphatic hydroxyl groups excluding tert-OH is 5. The Kier molecular flexibility index (Phi) is 9.42. The Bertz CT molecular complexity index is 1520. The van der Waals surface area contributed by atoms with Gasteiger partial charge in [0.2, 0.25) is 0 Å². The standard InChI is InChI=1S/C31H40N2O11/c1-17-11-23(36)20-12-18-13-26(30(2,3)43-27(18)19(5-4-10-34)28(20)42-17)44-41-15-25(38)31(40,29(39)24(37)14-35)16-33-9-7-21-22(33)6-8-32-21/h6-9,11-12,22,24-26,29,34-35,37-40H,4-5,10,13-16H2,1-3H3/p+1. The summed E-state index contributed by atoms with van der Waals surface area (Å²) >= 11 is 0. The van der Waals surface area contributed by atoms with Gasteiger partial charge in [0, 0.05) is 36.9 Å². The molecule has 0 bridgehead atoms. The van der Waals surface area contributed by atoms with Crippen molar-refractivity contribution >= 4 is 16.7 Å². The molecule has 7 N–H and O–H groups in total. The first-order valence-electron chi connectivity index (χ1n) is 14.7. The molecule has 0 aliphatic carbocycles. The Balaban J connectivity index is 1.34. The van der Waals surface area contributed by atoms with Crippen LogP contribution in [-0.4, -0.2) is 104 Å². The molecule has 0 saturated heterocycles. The maximum absolute atomic E-state index is 12.8. The van der Waals surface area contributed by atoms with Gasteiger partial charge in [-0.15, -0.1) is 0 Å². The molecule has 0 spiro atoms. The topological polar surface area (TPSA) is 196 Å². The third-order valence-electron chi connectivity index (χ3n) is 8.62. The van der Waals surface area contributed by atoms with Crippen molar-refractivity contribution in [3.05, 3.63) is 63.8 Å². The van der Waals surface area contributed by atoms with Crippen molar-refractivity contribution in [3.8, 4) is 5.75 Å². The SMILES string of the molecule is Cc1cc(=O)c2cc3c(c(CCCO)c2o1)OC(C)(C)C(OOCC(O)C(O)(C[NH+]1C=CC2=NC=CC21)C(O)C(O)CO)C3. The van der Waals surface area contributed by atoms with Crippen molar-refractivity contribution in [1.29, 1.82) is 0 Å². The maximum Gasteiger partial charge on any atom is 0.192 e. The molecule has 3 aliphatic heterocycles. The van der Waals surface area contributed by atoms with Crippen molar-refractivity contribution < 1.29 is 54.5 Å². The quantitative estimate of drug-likeness (QED) is 0.103. The molecule has 7 atom stereocenters. The van der Waals surface area contributed by atoms with Crippen LogP contribution in [-0.2, 0) is 22.6 Å². The fourth-order valence-corrected chi connectivity index (χ4v) is 6.03. The fourth-order valence-electron chi connectivity index (χ4n) is 6.03. The lowest BCUT2D eigenvalue weighted by molar-refractivity contribution is -0.861. The van der Waals surface area contributed by atoms with Crippen LogP contribution in [0.2, 0.25) is 0 Å². The second kappa shape index (κ2) is 12.8. The predicted molar refractivity (Wildman–Crippen MR) is 157 cm³/mol. The zero-order valence-corrected chi connectivity index (χ0v) is 25.0. The summed E-state index contributed by atoms with van der Waals surface area (Å²) in [5, 5.41) is 62.9. The van der Waals surface area contributed by atoms with Gasteiger partial charge in [-0.25, -0.2) is 9.78 Å². The van der Waals surface area contributed by atoms with E-state index in [0.717, 1.165) is 5.71 Å². The van der Waals surface area contributed by atoms with Gasteiger partial charge in [-0.2, -0.15) is 0 Å². The average Bonchev–Trinajstić information content (AvgIpc) is 3.60. The number of aryl methyl sites for hydroxylation is 2. The predicted octanol–water partition coefficient (Wildman–Crippen LogP) is -1.39. The third kappa shape index (κ3) is 6.12. The minimum atomic E-state index is -2.31. The van der Waals surface area contributed by atoms with Gasteiger partial charge in [-0.05, 0) is 51.3 Å². The number of ether oxygens (including phenoxy) is 1. The highest BCUT2D eigenvalue weighted by Gasteiger charge is 2.51. The Hall–Kier alpha value is -2.98. The number of aliphatic imine (C=N–C) groups is 1. The number of benzene rings is 1. The summed E-state index contributed by atoms with van der Waals surface area (Å²) in [5.74, 6) is 1.01. The van der Waals surface area contributed by atoms with Gasteiger partial charge in [0.1, 0.15) is 66.0 Å². The lowest BCUT2D eigenvalue weighted by Crippen LogP contribution is -3.13. The molecule has 0 saturated carbocycles. The van der Waals surface area contributed by atoms with Gasteiger partial charge in [0.25, 0.3) is 0 Å². The van der Waals surface area contributed by atoms with E-state index < -0.39 is 48.8 Å². The number of aliphatic hydroxyl groups is 6. The number of nitrogens with one attached hydrogen (secondary N) is 1. The molecular weight excluding hydrogens is 576 g/mol. The minimum Gasteiger partial charge on any atom is -0.484 e. The summed E-state index contributed by atoms with van der Waals surface area (Å²) in [5.41, 5.74) is -0.936. The first kappa shape index (κ1) is 32.4. The second-order valence-electron chi connectivity index (χ2n) is 12.2. The molecule has 7 unspecified atom stereocenters. The zero-order chi connectivity index (χ0) is 31.8. The lowest BCUT2D eigenvalue weighted by atomic mass is 9.86. The van der Waals surface area contributed by atoms with Crippen molar-refractivity contribution in [2.45, 2.75) is 81.7 Å². The Labute approximate surface area is 253 Å². The van der Waals surface area contributed by atoms with Crippen molar-refractivity contribution in [2.75, 3.05) is 26.4 Å². The summed E-state index contributed by atoms with van der Waals surface area (Å²) in [6, 6.07) is 2.89. The molecule has 0 radical (unpaired) electrons. The summed E-state index contributed by atoms with van der Waals surface area (Å²) in [6.45, 7) is 3.56. The van der Waals surface area contributed by atoms with Crippen LogP contribution < -0.4 is 15.1 Å². The fraction of sp³-hybridized carbons (Fsp3) is 0.548. The molecule has 13 heteroatoms. The summed E-state index contributed by atoms with van der Waals surface area (Å²) in [4.78, 5) is 28.9. The summed E-state index contributed by atoms with van der Waals surface area (Å²) in [7, 11) is 0. The molecule has 44 heavy (non-hydrogen) atoms. The van der Waals surface area contributed by atoms with Crippen LogP contribution in [0.5, 0.6) is 5.75 Å². The third-order valence-corrected chi connectivity index (χ3v) is 8.62. The molecule has 240 valence electrons. The van der Waals surface area contributed by atoms with Crippen LogP contribution in [0.3, 0.4) is 0 Å². The number of hydrogen-bond donors (Lipinski definition) is 7. The Morgan fingerprint density at radius 1 is 1.23 bits per heavy atom. The normalized spacial score (nSPS) is 25.2. The van der Waals surface area contributed by atoms with Crippen LogP contribution in [0.15, 0.2) is 50.9 Å². The van der Waals surface area contributed by atoms with Crippen LogP contribution >= 0.6 is 0 Å². The van der Waals surface area contributed by atoms with E-state index >= 15 is 0 Å². The van der Waals surface area contributed by atoms with Crippen molar-refractivity contribution in [1.82, 2.24) is 0 Å². The van der Waals surface area contributed by atoms with E-state index in [1.54, 1.807) is 45.3 Å². The van der Waals surface area contributed by atoms with E-state index in [4.69, 9.17) is 18.9 Å². The molecule has 0 fully saturated rings. The summed E-state index contributed by atoms with van der Waals surface area (Å²) < 4.78 is 12.3. The molecule has 4 heterocycles. The monoisotopic (exact) mass is 617 g/mol. The highest BCUT2D eigenvalue weighted by molar-refractivity contribution is 6.02. The molecule has 13 nitrogen and oxygen atoms in total. The number of fused-ring (bicyclic) bond motifs is 3. The molecular formula is C31H41N2O11+. The number of hydrogen-bond acceptors (Lipinski definition) is 12. The van der Waals surface area contributed by atoms with Crippen LogP contribution in [0, 0.1) is 6.92 Å². The van der Waals surface area contributed by atoms with Crippen LogP contribution in [0.4, 0.5) is 0 Å². The molecule has 2 aromatic rings. The van der Waals surface area contributed by atoms with E-state index in [9.17, 15) is 35.4 Å². The molecule has 5 rings (SSSR count). The van der Waals surface area contributed by atoms with Gasteiger partial charge >= 0.3 is 0 Å². The van der Waals surface area contributed by atoms with E-state index in [1.165, 1.54) is 6.07 Å². The van der Waals surface area contributed by atoms with Gasteiger partial charge < -0.3 is 39.8 Å². The van der Waals surface area contributed by atoms with Gasteiger partial charge in [0.15, 0.2) is 17.1 Å². The highest BCUT2D eigenvalue weighted by atomic mass is 17.2. The highest BCUT2D eigenvalue weighted by Crippen LogP contribution is 2.41. The number of quaternary nitrogens is 1. The maximum atomic E-state index is 12.8. The molecule has 3 aliphatic rings. The Morgan fingerprint density at radius 2 is 2.00 bits per heavy atom. The molecule has 1 aromatic carbocycles. The zero-order valence-electron chi connectivity index (χ0n) is 25.0. The van der Waals surface area contributed by atoms with Crippen molar-refractivity contribution in [3.63, 3.8) is 0 Å². The van der Waals surface area contributed by atoms with Gasteiger partial charge in [0.05, 0.1) is 18.2 Å². The second-order valence-corrected chi connectivity index (χ2v) is 12.2. The van der Waals surface area contributed by atoms with Crippen LogP contribution in [0.25, 0.3) is 11.0 Å². The van der Waals surface area contributed by atoms with E-state index in [0.29, 0.717) is 51.3 Å². The summed E-state index contributed by atoms with van der Waals surface area (Å²) in [6.07, 6.45) is 1.97. The largest absolute Gasteiger partial charge is 0.484 e. The number of rotatable bonds is 13. The Morgan fingerprint density at radius 3 is 2.73 bits per heavy atom. The van der Waals surface area contributed by atoms with Gasteiger partial charge in [-0.1, -0.05) is 0 Å². The molecule has 1 aromatic heterocycles. The van der Waals surface area contributed by atoms with Gasteiger partial charge in [-0.3, -0.25) is 14.7 Å². The van der Waals surface area contributed by atoms with E-state index in [-0.39, 0.29) is 31.0 Å². The lowest BCUT2D eigenvalue weighted by Gasteiger charge is -2.41. The number of nitrogens with zero attached hydrogens (tertiary/aromatic N) is 1. The first-order valence-corrected chi connectivity index (χ1v) is 14.7. The average molecular weight is 618 g/mol. The minimum absolute atomic E-state index is 0.0511. The van der Waals surface area contributed by atoms with E-state index in [2.05, 4.69) is 4.99 Å². The van der Waals surface area contributed by atoms with Crippen LogP contribution in [0.1, 0.15) is 37.2 Å². The van der Waals surface area contributed by atoms with Crippen molar-refractivity contribution in [2.24, 2.45) is 4.99 Å². The smallest absolute Gasteiger partial charge is 0.192 e. The first-order chi connectivity index (χ1) is 20.9. The van der Waals surface area contributed by atoms with E-state index in [1.807, 2.05) is 6.08 Å².